The van der Waals surface area contributed by atoms with Crippen LogP contribution in [0.25, 0.3) is 10.8 Å². The molecule has 39 heavy (non-hydrogen) atoms. The molecule has 0 heterocycles. The molecule has 0 radical (unpaired) electrons. The molecule has 0 aliphatic heterocycles. The van der Waals surface area contributed by atoms with E-state index in [1.54, 1.807) is 24.3 Å². The monoisotopic (exact) mass is 545 g/mol. The first kappa shape index (κ1) is 27.9. The first-order valence-electron chi connectivity index (χ1n) is 12.6. The Hall–Kier alpha value is -4.17. The molecule has 4 rings (SSSR count). The van der Waals surface area contributed by atoms with Crippen molar-refractivity contribution in [3.8, 4) is 5.75 Å². The summed E-state index contributed by atoms with van der Waals surface area (Å²) in [7, 11) is -3.80. The van der Waals surface area contributed by atoms with Gasteiger partial charge in [-0.2, -0.15) is 8.42 Å². The van der Waals surface area contributed by atoms with Crippen LogP contribution in [-0.4, -0.2) is 31.7 Å². The summed E-state index contributed by atoms with van der Waals surface area (Å²) in [4.78, 5) is 25.7. The number of carbonyl (C=O) groups excluding carboxylic acids is 1. The Labute approximate surface area is 228 Å². The SMILES string of the molecule is CC(C)CC(C(=O)Nc1cc(OS(C)(=O)=O)ccc1Cc1ccccc1C(=O)O)c1cccc2ccccc12. The minimum atomic E-state index is -3.80. The fourth-order valence-corrected chi connectivity index (χ4v) is 5.22. The number of hydrogen-bond donors (Lipinski definition) is 2. The number of anilines is 1. The third-order valence-corrected chi connectivity index (χ3v) is 6.93. The maximum absolute atomic E-state index is 13.9. The molecule has 8 heteroatoms. The quantitative estimate of drug-likeness (QED) is 0.229. The number of benzene rings is 4. The zero-order valence-corrected chi connectivity index (χ0v) is 22.9. The first-order valence-corrected chi connectivity index (χ1v) is 14.5. The van der Waals surface area contributed by atoms with E-state index in [4.69, 9.17) is 4.18 Å². The van der Waals surface area contributed by atoms with E-state index in [0.717, 1.165) is 22.6 Å². The third kappa shape index (κ3) is 7.03. The summed E-state index contributed by atoms with van der Waals surface area (Å²) in [5.74, 6) is -1.50. The van der Waals surface area contributed by atoms with E-state index in [1.165, 1.54) is 18.2 Å². The van der Waals surface area contributed by atoms with Crippen LogP contribution in [-0.2, 0) is 21.3 Å². The predicted molar refractivity (Wildman–Crippen MR) is 153 cm³/mol. The Morgan fingerprint density at radius 2 is 1.59 bits per heavy atom. The molecule has 0 aromatic heterocycles. The van der Waals surface area contributed by atoms with Gasteiger partial charge in [0.15, 0.2) is 0 Å². The Bertz CT molecular complexity index is 1620. The number of carboxylic acids is 1. The zero-order valence-electron chi connectivity index (χ0n) is 22.0. The number of aromatic carboxylic acids is 1. The van der Waals surface area contributed by atoms with E-state index < -0.39 is 22.0 Å². The van der Waals surface area contributed by atoms with Crippen molar-refractivity contribution >= 4 is 38.5 Å². The van der Waals surface area contributed by atoms with Crippen molar-refractivity contribution in [2.24, 2.45) is 5.92 Å². The van der Waals surface area contributed by atoms with Crippen molar-refractivity contribution in [3.63, 3.8) is 0 Å². The fourth-order valence-electron chi connectivity index (χ4n) is 4.76. The van der Waals surface area contributed by atoms with Gasteiger partial charge in [0.05, 0.1) is 17.7 Å². The summed E-state index contributed by atoms with van der Waals surface area (Å²) in [5, 5.41) is 14.7. The molecule has 0 aliphatic rings. The predicted octanol–water partition coefficient (Wildman–Crippen LogP) is 6.24. The second-order valence-corrected chi connectivity index (χ2v) is 11.6. The van der Waals surface area contributed by atoms with E-state index in [-0.39, 0.29) is 29.6 Å². The lowest BCUT2D eigenvalue weighted by atomic mass is 9.86. The molecule has 1 atom stereocenters. The van der Waals surface area contributed by atoms with Crippen LogP contribution in [0.1, 0.15) is 53.2 Å². The molecule has 2 N–H and O–H groups in total. The number of rotatable bonds is 10. The Kier molecular flexibility index (Phi) is 8.35. The van der Waals surface area contributed by atoms with E-state index >= 15 is 0 Å². The second-order valence-electron chi connectivity index (χ2n) is 9.99. The molecule has 7 nitrogen and oxygen atoms in total. The normalized spacial score (nSPS) is 12.3. The number of amides is 1. The lowest BCUT2D eigenvalue weighted by Crippen LogP contribution is -2.23. The molecule has 4 aromatic carbocycles. The van der Waals surface area contributed by atoms with Crippen LogP contribution < -0.4 is 9.50 Å². The molecule has 0 bridgehead atoms. The van der Waals surface area contributed by atoms with Crippen molar-refractivity contribution in [2.45, 2.75) is 32.6 Å². The molecular formula is C31H31NO6S. The standard InChI is InChI=1S/C31H31NO6S/c1-20(2)17-28(27-14-8-11-21-9-4-6-12-25(21)27)30(33)32-29-19-24(38-39(3,36)37)16-15-23(29)18-22-10-5-7-13-26(22)31(34)35/h4-16,19-20,28H,17-18H2,1-3H3,(H,32,33)(H,34,35). The topological polar surface area (TPSA) is 110 Å². The van der Waals surface area contributed by atoms with Crippen LogP contribution >= 0.6 is 0 Å². The van der Waals surface area contributed by atoms with Gasteiger partial charge in [-0.3, -0.25) is 4.79 Å². The molecule has 0 saturated heterocycles. The first-order chi connectivity index (χ1) is 18.5. The van der Waals surface area contributed by atoms with Gasteiger partial charge >= 0.3 is 16.1 Å². The largest absolute Gasteiger partial charge is 0.478 e. The highest BCUT2D eigenvalue weighted by atomic mass is 32.2. The van der Waals surface area contributed by atoms with Crippen molar-refractivity contribution in [3.05, 3.63) is 107 Å². The van der Waals surface area contributed by atoms with Gasteiger partial charge in [-0.15, -0.1) is 0 Å². The van der Waals surface area contributed by atoms with Crippen LogP contribution in [0.15, 0.2) is 84.9 Å². The minimum absolute atomic E-state index is 0.0497. The van der Waals surface area contributed by atoms with Crippen molar-refractivity contribution in [1.29, 1.82) is 0 Å². The number of fused-ring (bicyclic) bond motifs is 1. The molecule has 0 aliphatic carbocycles. The molecule has 0 spiro atoms. The molecule has 0 fully saturated rings. The molecule has 4 aromatic rings. The summed E-state index contributed by atoms with van der Waals surface area (Å²) < 4.78 is 28.7. The van der Waals surface area contributed by atoms with Gasteiger partial charge < -0.3 is 14.6 Å². The summed E-state index contributed by atoms with van der Waals surface area (Å²) in [5.41, 5.74) is 2.60. The highest BCUT2D eigenvalue weighted by Crippen LogP contribution is 2.33. The highest BCUT2D eigenvalue weighted by Gasteiger charge is 2.25. The van der Waals surface area contributed by atoms with Crippen LogP contribution in [0.5, 0.6) is 5.75 Å². The lowest BCUT2D eigenvalue weighted by Gasteiger charge is -2.22. The Balaban J connectivity index is 1.76. The van der Waals surface area contributed by atoms with Gasteiger partial charge in [0, 0.05) is 18.2 Å². The maximum atomic E-state index is 13.9. The van der Waals surface area contributed by atoms with Crippen LogP contribution in [0, 0.1) is 5.92 Å². The second kappa shape index (κ2) is 11.7. The van der Waals surface area contributed by atoms with E-state index in [9.17, 15) is 23.1 Å². The Morgan fingerprint density at radius 1 is 0.897 bits per heavy atom. The lowest BCUT2D eigenvalue weighted by molar-refractivity contribution is -0.117. The summed E-state index contributed by atoms with van der Waals surface area (Å²) >= 11 is 0. The van der Waals surface area contributed by atoms with Gasteiger partial charge in [0.1, 0.15) is 5.75 Å². The molecule has 1 unspecified atom stereocenters. The number of nitrogens with one attached hydrogen (secondary N) is 1. The van der Waals surface area contributed by atoms with Gasteiger partial charge in [0.25, 0.3) is 0 Å². The average Bonchev–Trinajstić information content (AvgIpc) is 2.87. The number of carboxylic acid groups (broad SMARTS) is 1. The van der Waals surface area contributed by atoms with Crippen molar-refractivity contribution in [1.82, 2.24) is 0 Å². The fraction of sp³-hybridized carbons (Fsp3) is 0.226. The Morgan fingerprint density at radius 3 is 2.31 bits per heavy atom. The number of carbonyl (C=O) groups is 2. The van der Waals surface area contributed by atoms with E-state index in [0.29, 0.717) is 23.2 Å². The van der Waals surface area contributed by atoms with Crippen LogP contribution in [0.3, 0.4) is 0 Å². The van der Waals surface area contributed by atoms with E-state index in [1.807, 2.05) is 42.5 Å². The van der Waals surface area contributed by atoms with Gasteiger partial charge in [-0.1, -0.05) is 80.6 Å². The molecule has 202 valence electrons. The smallest absolute Gasteiger partial charge is 0.335 e. The van der Waals surface area contributed by atoms with Crippen LogP contribution in [0.2, 0.25) is 0 Å². The summed E-state index contributed by atoms with van der Waals surface area (Å²) in [6.45, 7) is 4.11. The molecule has 0 saturated carbocycles. The number of hydrogen-bond acceptors (Lipinski definition) is 5. The summed E-state index contributed by atoms with van der Waals surface area (Å²) in [6, 6.07) is 25.1. The van der Waals surface area contributed by atoms with Crippen LogP contribution in [0.4, 0.5) is 5.69 Å². The molecular weight excluding hydrogens is 514 g/mol. The molecule has 1 amide bonds. The van der Waals surface area contributed by atoms with Gasteiger partial charge in [0.2, 0.25) is 5.91 Å². The van der Waals surface area contributed by atoms with Gasteiger partial charge in [-0.25, -0.2) is 4.79 Å². The van der Waals surface area contributed by atoms with Gasteiger partial charge in [-0.05, 0) is 51.9 Å². The van der Waals surface area contributed by atoms with Crippen molar-refractivity contribution in [2.75, 3.05) is 11.6 Å². The van der Waals surface area contributed by atoms with E-state index in [2.05, 4.69) is 19.2 Å². The maximum Gasteiger partial charge on any atom is 0.335 e. The average molecular weight is 546 g/mol. The highest BCUT2D eigenvalue weighted by molar-refractivity contribution is 7.86. The van der Waals surface area contributed by atoms with Crippen molar-refractivity contribution < 1.29 is 27.3 Å². The zero-order chi connectivity index (χ0) is 28.2. The minimum Gasteiger partial charge on any atom is -0.478 e. The third-order valence-electron chi connectivity index (χ3n) is 6.44. The summed E-state index contributed by atoms with van der Waals surface area (Å²) in [6.07, 6.45) is 1.75.